The van der Waals surface area contributed by atoms with E-state index in [0.29, 0.717) is 12.5 Å². The van der Waals surface area contributed by atoms with Crippen LogP contribution in [0.5, 0.6) is 0 Å². The molecule has 3 rings (SSSR count). The van der Waals surface area contributed by atoms with Crippen molar-refractivity contribution in [3.05, 3.63) is 36.3 Å². The summed E-state index contributed by atoms with van der Waals surface area (Å²) in [4.78, 5) is 11.3. The molecule has 0 aromatic carbocycles. The van der Waals surface area contributed by atoms with Crippen molar-refractivity contribution in [3.63, 3.8) is 0 Å². The van der Waals surface area contributed by atoms with Gasteiger partial charge in [0, 0.05) is 38.4 Å². The van der Waals surface area contributed by atoms with Gasteiger partial charge in [-0.3, -0.25) is 4.99 Å². The van der Waals surface area contributed by atoms with Crippen LogP contribution in [0.25, 0.3) is 5.65 Å². The van der Waals surface area contributed by atoms with E-state index in [1.807, 2.05) is 28.8 Å². The molecule has 0 saturated carbocycles. The van der Waals surface area contributed by atoms with Gasteiger partial charge in [-0.15, -0.1) is 0 Å². The maximum atomic E-state index is 6.08. The number of hydrogen-bond donors (Lipinski definition) is 1. The smallest absolute Gasteiger partial charge is 0.191 e. The first-order valence-electron chi connectivity index (χ1n) is 7.70. The number of fused-ring (bicyclic) bond motifs is 1. The van der Waals surface area contributed by atoms with E-state index >= 15 is 0 Å². The lowest BCUT2D eigenvalue weighted by Gasteiger charge is -2.31. The summed E-state index contributed by atoms with van der Waals surface area (Å²) in [6.45, 7) is 5.06. The zero-order chi connectivity index (χ0) is 14.7. The fourth-order valence-corrected chi connectivity index (χ4v) is 2.73. The van der Waals surface area contributed by atoms with Crippen LogP contribution in [0, 0.1) is 5.92 Å². The molecule has 0 atom stereocenters. The maximum absolute atomic E-state index is 6.08. The van der Waals surface area contributed by atoms with E-state index in [-0.39, 0.29) is 0 Å². The van der Waals surface area contributed by atoms with Crippen LogP contribution in [0.4, 0.5) is 0 Å². The maximum Gasteiger partial charge on any atom is 0.191 e. The van der Waals surface area contributed by atoms with E-state index in [1.165, 1.54) is 12.8 Å². The van der Waals surface area contributed by atoms with Gasteiger partial charge in [0.05, 0.1) is 5.69 Å². The summed E-state index contributed by atoms with van der Waals surface area (Å²) in [7, 11) is 0. The number of aliphatic imine (C=N–C) groups is 1. The molecule has 2 N–H and O–H groups in total. The molecule has 0 bridgehead atoms. The normalized spacial score (nSPS) is 17.6. The third-order valence-electron chi connectivity index (χ3n) is 4.16. The second-order valence-corrected chi connectivity index (χ2v) is 5.86. The van der Waals surface area contributed by atoms with E-state index in [9.17, 15) is 0 Å². The number of imidazole rings is 1. The van der Waals surface area contributed by atoms with E-state index in [2.05, 4.69) is 28.0 Å². The highest BCUT2D eigenvalue weighted by molar-refractivity contribution is 5.78. The van der Waals surface area contributed by atoms with Crippen molar-refractivity contribution < 1.29 is 0 Å². The predicted octanol–water partition coefficient (Wildman–Crippen LogP) is 1.92. The Balaban J connectivity index is 1.56. The van der Waals surface area contributed by atoms with Crippen molar-refractivity contribution in [3.8, 4) is 0 Å². The number of pyridine rings is 1. The van der Waals surface area contributed by atoms with E-state index in [0.717, 1.165) is 36.8 Å². The second-order valence-electron chi connectivity index (χ2n) is 5.86. The molecule has 112 valence electrons. The number of nitrogens with zero attached hydrogens (tertiary/aromatic N) is 4. The van der Waals surface area contributed by atoms with Crippen LogP contribution in [0.3, 0.4) is 0 Å². The summed E-state index contributed by atoms with van der Waals surface area (Å²) < 4.78 is 2.04. The molecule has 0 radical (unpaired) electrons. The quantitative estimate of drug-likeness (QED) is 0.692. The number of likely N-dealkylation sites (tertiary alicyclic amines) is 1. The Morgan fingerprint density at radius 3 is 2.95 bits per heavy atom. The zero-order valence-corrected chi connectivity index (χ0v) is 12.6. The average molecular weight is 285 g/mol. The van der Waals surface area contributed by atoms with Gasteiger partial charge in [0.25, 0.3) is 0 Å². The summed E-state index contributed by atoms with van der Waals surface area (Å²) in [6, 6.07) is 6.02. The molecule has 1 fully saturated rings. The van der Waals surface area contributed by atoms with Crippen LogP contribution < -0.4 is 5.73 Å². The van der Waals surface area contributed by atoms with Gasteiger partial charge in [-0.25, -0.2) is 4.98 Å². The Morgan fingerprint density at radius 1 is 1.38 bits per heavy atom. The Labute approximate surface area is 125 Å². The van der Waals surface area contributed by atoms with Gasteiger partial charge in [0.1, 0.15) is 5.65 Å². The predicted molar refractivity (Wildman–Crippen MR) is 85.4 cm³/mol. The summed E-state index contributed by atoms with van der Waals surface area (Å²) >= 11 is 0. The Kier molecular flexibility index (Phi) is 4.08. The summed E-state index contributed by atoms with van der Waals surface area (Å²) in [5.41, 5.74) is 8.12. The summed E-state index contributed by atoms with van der Waals surface area (Å²) in [6.07, 6.45) is 7.32. The largest absolute Gasteiger partial charge is 0.370 e. The summed E-state index contributed by atoms with van der Waals surface area (Å²) in [5, 5.41) is 0. The van der Waals surface area contributed by atoms with Gasteiger partial charge in [-0.1, -0.05) is 13.0 Å². The third kappa shape index (κ3) is 3.35. The molecule has 0 aliphatic carbocycles. The molecule has 0 unspecified atom stereocenters. The van der Waals surface area contributed by atoms with Crippen LogP contribution in [0.15, 0.2) is 35.6 Å². The molecule has 2 aromatic rings. The van der Waals surface area contributed by atoms with Crippen LogP contribution in [0.2, 0.25) is 0 Å². The van der Waals surface area contributed by atoms with Crippen LogP contribution in [0.1, 0.15) is 25.5 Å². The van der Waals surface area contributed by atoms with Gasteiger partial charge in [-0.05, 0) is 30.9 Å². The first-order valence-corrected chi connectivity index (χ1v) is 7.70. The minimum absolute atomic E-state index is 0.686. The van der Waals surface area contributed by atoms with Crippen molar-refractivity contribution in [1.29, 1.82) is 0 Å². The topological polar surface area (TPSA) is 58.9 Å². The molecule has 21 heavy (non-hydrogen) atoms. The first-order chi connectivity index (χ1) is 10.2. The number of nitrogens with two attached hydrogens (primary N) is 1. The first kappa shape index (κ1) is 13.9. The van der Waals surface area contributed by atoms with Crippen molar-refractivity contribution >= 4 is 11.6 Å². The molecule has 1 saturated heterocycles. The molecular weight excluding hydrogens is 262 g/mol. The molecule has 1 aliphatic heterocycles. The number of guanidine groups is 1. The molecule has 3 heterocycles. The standard InChI is InChI=1S/C16H23N5/c1-13-6-10-20(11-7-13)16(17)18-8-5-14-12-21-9-3-2-4-15(21)19-14/h2-4,9,12-13H,5-8,10-11H2,1H3,(H2,17,18). The van der Waals surface area contributed by atoms with E-state index < -0.39 is 0 Å². The average Bonchev–Trinajstić information content (AvgIpc) is 2.90. The molecule has 0 spiro atoms. The minimum atomic E-state index is 0.686. The number of piperidine rings is 1. The Hall–Kier alpha value is -2.04. The van der Waals surface area contributed by atoms with Gasteiger partial charge >= 0.3 is 0 Å². The zero-order valence-electron chi connectivity index (χ0n) is 12.6. The highest BCUT2D eigenvalue weighted by Crippen LogP contribution is 2.15. The Bertz CT molecular complexity index is 589. The molecule has 1 aliphatic rings. The highest BCUT2D eigenvalue weighted by atomic mass is 15.3. The van der Waals surface area contributed by atoms with Crippen molar-refractivity contribution in [2.24, 2.45) is 16.6 Å². The minimum Gasteiger partial charge on any atom is -0.370 e. The van der Waals surface area contributed by atoms with Crippen LogP contribution in [-0.4, -0.2) is 39.9 Å². The lowest BCUT2D eigenvalue weighted by molar-refractivity contribution is 0.277. The van der Waals surface area contributed by atoms with Gasteiger partial charge in [0.15, 0.2) is 5.96 Å². The monoisotopic (exact) mass is 285 g/mol. The molecule has 0 amide bonds. The van der Waals surface area contributed by atoms with Gasteiger partial charge in [-0.2, -0.15) is 0 Å². The van der Waals surface area contributed by atoms with Crippen molar-refractivity contribution in [1.82, 2.24) is 14.3 Å². The Morgan fingerprint density at radius 2 is 2.19 bits per heavy atom. The number of hydrogen-bond acceptors (Lipinski definition) is 2. The lowest BCUT2D eigenvalue weighted by Crippen LogP contribution is -2.42. The molecular formula is C16H23N5. The third-order valence-corrected chi connectivity index (χ3v) is 4.16. The van der Waals surface area contributed by atoms with Gasteiger partial charge < -0.3 is 15.0 Å². The molecule has 5 nitrogen and oxygen atoms in total. The van der Waals surface area contributed by atoms with Crippen molar-refractivity contribution in [2.45, 2.75) is 26.2 Å². The summed E-state index contributed by atoms with van der Waals surface area (Å²) in [5.74, 6) is 1.50. The molecule has 2 aromatic heterocycles. The number of aromatic nitrogens is 2. The van der Waals surface area contributed by atoms with Crippen LogP contribution >= 0.6 is 0 Å². The van der Waals surface area contributed by atoms with E-state index in [1.54, 1.807) is 0 Å². The lowest BCUT2D eigenvalue weighted by atomic mass is 10.00. The van der Waals surface area contributed by atoms with Crippen molar-refractivity contribution in [2.75, 3.05) is 19.6 Å². The highest BCUT2D eigenvalue weighted by Gasteiger charge is 2.16. The SMILES string of the molecule is CC1CCN(C(N)=NCCc2cn3ccccc3n2)CC1. The van der Waals surface area contributed by atoms with Gasteiger partial charge in [0.2, 0.25) is 0 Å². The molecule has 5 heteroatoms. The van der Waals surface area contributed by atoms with Crippen LogP contribution in [-0.2, 0) is 6.42 Å². The fourth-order valence-electron chi connectivity index (χ4n) is 2.73. The van der Waals surface area contributed by atoms with E-state index in [4.69, 9.17) is 5.73 Å². The fraction of sp³-hybridized carbons (Fsp3) is 0.500. The second kappa shape index (κ2) is 6.16. The number of rotatable bonds is 3.